The first-order valence-electron chi connectivity index (χ1n) is 4.83. The first-order chi connectivity index (χ1) is 6.35. The summed E-state index contributed by atoms with van der Waals surface area (Å²) < 4.78 is 0. The molecular weight excluding hydrogens is 160 g/mol. The SMILES string of the molecule is CNc1ccc2c(c1)CCC2NC. The van der Waals surface area contributed by atoms with Crippen LogP contribution in [0.15, 0.2) is 18.2 Å². The molecule has 0 amide bonds. The van der Waals surface area contributed by atoms with Gasteiger partial charge in [0.2, 0.25) is 0 Å². The normalized spacial score (nSPS) is 20.0. The molecule has 0 heterocycles. The third-order valence-corrected chi connectivity index (χ3v) is 2.86. The number of hydrogen-bond donors (Lipinski definition) is 2. The van der Waals surface area contributed by atoms with E-state index in [-0.39, 0.29) is 0 Å². The van der Waals surface area contributed by atoms with Crippen molar-refractivity contribution < 1.29 is 0 Å². The van der Waals surface area contributed by atoms with Gasteiger partial charge in [0, 0.05) is 18.8 Å². The van der Waals surface area contributed by atoms with Crippen LogP contribution in [-0.4, -0.2) is 14.1 Å². The Labute approximate surface area is 79.4 Å². The van der Waals surface area contributed by atoms with Crippen LogP contribution in [0.1, 0.15) is 23.6 Å². The average Bonchev–Trinajstić information content (AvgIpc) is 2.59. The summed E-state index contributed by atoms with van der Waals surface area (Å²) >= 11 is 0. The summed E-state index contributed by atoms with van der Waals surface area (Å²) in [5, 5.41) is 6.51. The molecule has 1 atom stereocenters. The van der Waals surface area contributed by atoms with E-state index in [4.69, 9.17) is 0 Å². The third kappa shape index (κ3) is 1.42. The van der Waals surface area contributed by atoms with Gasteiger partial charge in [0.15, 0.2) is 0 Å². The van der Waals surface area contributed by atoms with Crippen molar-refractivity contribution in [1.82, 2.24) is 5.32 Å². The van der Waals surface area contributed by atoms with Gasteiger partial charge in [0.05, 0.1) is 0 Å². The molecule has 0 aliphatic heterocycles. The molecule has 2 heteroatoms. The maximum Gasteiger partial charge on any atom is 0.0340 e. The molecule has 1 aliphatic rings. The fraction of sp³-hybridized carbons (Fsp3) is 0.455. The summed E-state index contributed by atoms with van der Waals surface area (Å²) in [6.45, 7) is 0. The second kappa shape index (κ2) is 3.38. The minimum atomic E-state index is 0.570. The lowest BCUT2D eigenvalue weighted by Gasteiger charge is -2.10. The van der Waals surface area contributed by atoms with Gasteiger partial charge in [-0.05, 0) is 43.1 Å². The van der Waals surface area contributed by atoms with Crippen LogP contribution in [0.25, 0.3) is 0 Å². The van der Waals surface area contributed by atoms with Crippen molar-refractivity contribution in [3.05, 3.63) is 29.3 Å². The van der Waals surface area contributed by atoms with Crippen molar-refractivity contribution in [2.75, 3.05) is 19.4 Å². The van der Waals surface area contributed by atoms with Crippen LogP contribution in [-0.2, 0) is 6.42 Å². The van der Waals surface area contributed by atoms with Crippen LogP contribution in [0, 0.1) is 0 Å². The number of rotatable bonds is 2. The second-order valence-electron chi connectivity index (χ2n) is 3.54. The first-order valence-corrected chi connectivity index (χ1v) is 4.83. The molecule has 1 aliphatic carbocycles. The Morgan fingerprint density at radius 3 is 2.85 bits per heavy atom. The third-order valence-electron chi connectivity index (χ3n) is 2.86. The summed E-state index contributed by atoms with van der Waals surface area (Å²) in [5.41, 5.74) is 4.18. The lowest BCUT2D eigenvalue weighted by Crippen LogP contribution is -2.12. The summed E-state index contributed by atoms with van der Waals surface area (Å²) in [4.78, 5) is 0. The molecule has 2 nitrogen and oxygen atoms in total. The molecule has 0 saturated carbocycles. The van der Waals surface area contributed by atoms with E-state index in [1.165, 1.54) is 29.7 Å². The zero-order chi connectivity index (χ0) is 9.26. The minimum Gasteiger partial charge on any atom is -0.388 e. The van der Waals surface area contributed by atoms with E-state index in [1.807, 2.05) is 14.1 Å². The van der Waals surface area contributed by atoms with Crippen molar-refractivity contribution >= 4 is 5.69 Å². The molecule has 13 heavy (non-hydrogen) atoms. The maximum absolute atomic E-state index is 3.34. The van der Waals surface area contributed by atoms with E-state index in [9.17, 15) is 0 Å². The summed E-state index contributed by atoms with van der Waals surface area (Å²) in [5.74, 6) is 0. The molecule has 0 bridgehead atoms. The lowest BCUT2D eigenvalue weighted by molar-refractivity contribution is 0.590. The summed E-state index contributed by atoms with van der Waals surface area (Å²) in [7, 11) is 4.00. The molecule has 2 rings (SSSR count). The van der Waals surface area contributed by atoms with Gasteiger partial charge in [-0.15, -0.1) is 0 Å². The van der Waals surface area contributed by atoms with Gasteiger partial charge in [-0.2, -0.15) is 0 Å². The number of fused-ring (bicyclic) bond motifs is 1. The zero-order valence-corrected chi connectivity index (χ0v) is 8.22. The quantitative estimate of drug-likeness (QED) is 0.719. The number of hydrogen-bond acceptors (Lipinski definition) is 2. The van der Waals surface area contributed by atoms with E-state index in [0.29, 0.717) is 6.04 Å². The molecule has 1 unspecified atom stereocenters. The number of nitrogens with one attached hydrogen (secondary N) is 2. The molecule has 1 aromatic carbocycles. The van der Waals surface area contributed by atoms with E-state index in [2.05, 4.69) is 28.8 Å². The van der Waals surface area contributed by atoms with E-state index in [0.717, 1.165) is 0 Å². The maximum atomic E-state index is 3.34. The molecule has 70 valence electrons. The second-order valence-corrected chi connectivity index (χ2v) is 3.54. The highest BCUT2D eigenvalue weighted by Crippen LogP contribution is 2.32. The Kier molecular flexibility index (Phi) is 2.23. The number of benzene rings is 1. The molecule has 0 fully saturated rings. The van der Waals surface area contributed by atoms with Gasteiger partial charge in [-0.3, -0.25) is 0 Å². The smallest absolute Gasteiger partial charge is 0.0340 e. The highest BCUT2D eigenvalue weighted by molar-refractivity contribution is 5.50. The Morgan fingerprint density at radius 2 is 2.15 bits per heavy atom. The van der Waals surface area contributed by atoms with Crippen LogP contribution in [0.2, 0.25) is 0 Å². The lowest BCUT2D eigenvalue weighted by atomic mass is 10.1. The zero-order valence-electron chi connectivity index (χ0n) is 8.22. The molecule has 1 aromatic rings. The molecule has 0 radical (unpaired) electrons. The predicted octanol–water partition coefficient (Wildman–Crippen LogP) is 1.93. The van der Waals surface area contributed by atoms with Crippen LogP contribution in [0.5, 0.6) is 0 Å². The molecular formula is C11H16N2. The fourth-order valence-corrected chi connectivity index (χ4v) is 2.07. The van der Waals surface area contributed by atoms with E-state index in [1.54, 1.807) is 0 Å². The summed E-state index contributed by atoms with van der Waals surface area (Å²) in [6, 6.07) is 7.21. The highest BCUT2D eigenvalue weighted by atomic mass is 14.9. The van der Waals surface area contributed by atoms with Gasteiger partial charge < -0.3 is 10.6 Å². The van der Waals surface area contributed by atoms with Crippen LogP contribution in [0.4, 0.5) is 5.69 Å². The van der Waals surface area contributed by atoms with Gasteiger partial charge in [-0.25, -0.2) is 0 Å². The van der Waals surface area contributed by atoms with Crippen molar-refractivity contribution in [2.24, 2.45) is 0 Å². The number of aryl methyl sites for hydroxylation is 1. The Balaban J connectivity index is 2.34. The van der Waals surface area contributed by atoms with Gasteiger partial charge >= 0.3 is 0 Å². The van der Waals surface area contributed by atoms with Crippen LogP contribution in [0.3, 0.4) is 0 Å². The van der Waals surface area contributed by atoms with Gasteiger partial charge in [0.25, 0.3) is 0 Å². The van der Waals surface area contributed by atoms with Crippen molar-refractivity contribution in [3.8, 4) is 0 Å². The number of anilines is 1. The Morgan fingerprint density at radius 1 is 1.31 bits per heavy atom. The Bertz CT molecular complexity index is 307. The molecule has 2 N–H and O–H groups in total. The van der Waals surface area contributed by atoms with Crippen molar-refractivity contribution in [3.63, 3.8) is 0 Å². The molecule has 0 aromatic heterocycles. The fourth-order valence-electron chi connectivity index (χ4n) is 2.07. The van der Waals surface area contributed by atoms with Gasteiger partial charge in [-0.1, -0.05) is 6.07 Å². The molecule has 0 spiro atoms. The summed E-state index contributed by atoms with van der Waals surface area (Å²) in [6.07, 6.45) is 2.44. The van der Waals surface area contributed by atoms with Gasteiger partial charge in [0.1, 0.15) is 0 Å². The topological polar surface area (TPSA) is 24.1 Å². The van der Waals surface area contributed by atoms with E-state index >= 15 is 0 Å². The van der Waals surface area contributed by atoms with Crippen LogP contribution >= 0.6 is 0 Å². The predicted molar refractivity (Wildman–Crippen MR) is 56.1 cm³/mol. The average molecular weight is 176 g/mol. The Hall–Kier alpha value is -1.02. The first kappa shape index (κ1) is 8.57. The standard InChI is InChI=1S/C11H16N2/c1-12-9-4-5-10-8(7-9)3-6-11(10)13-2/h4-5,7,11-13H,3,6H2,1-2H3. The van der Waals surface area contributed by atoms with Crippen molar-refractivity contribution in [2.45, 2.75) is 18.9 Å². The van der Waals surface area contributed by atoms with E-state index < -0.39 is 0 Å². The highest BCUT2D eigenvalue weighted by Gasteiger charge is 2.20. The molecule has 0 saturated heterocycles. The van der Waals surface area contributed by atoms with Crippen molar-refractivity contribution in [1.29, 1.82) is 0 Å². The van der Waals surface area contributed by atoms with Crippen LogP contribution < -0.4 is 10.6 Å². The largest absolute Gasteiger partial charge is 0.388 e. The minimum absolute atomic E-state index is 0.570. The monoisotopic (exact) mass is 176 g/mol.